The number of aromatic nitrogens is 3. The van der Waals surface area contributed by atoms with Crippen LogP contribution in [0.1, 0.15) is 23.8 Å². The van der Waals surface area contributed by atoms with Crippen LogP contribution < -0.4 is 0 Å². The smallest absolute Gasteiger partial charge is 0.358 e. The lowest BCUT2D eigenvalue weighted by molar-refractivity contribution is 0.0335. The third-order valence-corrected chi connectivity index (χ3v) is 3.35. The standard InChI is InChI=1S/C11H18N4O3/c1-8-6-14(3-2-10(8)16)4-5-15-7-9(11(17)18)12-13-15/h7-8,10,16H,2-6H2,1H3,(H,17,18). The van der Waals surface area contributed by atoms with Gasteiger partial charge in [-0.25, -0.2) is 4.79 Å². The molecule has 0 aliphatic carbocycles. The number of piperidine rings is 1. The zero-order valence-corrected chi connectivity index (χ0v) is 10.4. The average Bonchev–Trinajstić information content (AvgIpc) is 2.79. The number of rotatable bonds is 4. The number of aliphatic hydroxyl groups is 1. The van der Waals surface area contributed by atoms with Crippen LogP contribution >= 0.6 is 0 Å². The summed E-state index contributed by atoms with van der Waals surface area (Å²) in [6, 6.07) is 0. The maximum atomic E-state index is 10.6. The van der Waals surface area contributed by atoms with Crippen molar-refractivity contribution in [3.8, 4) is 0 Å². The lowest BCUT2D eigenvalue weighted by Crippen LogP contribution is -2.43. The number of aromatic carboxylic acids is 1. The Labute approximate surface area is 105 Å². The normalized spacial score (nSPS) is 25.2. The lowest BCUT2D eigenvalue weighted by Gasteiger charge is -2.34. The van der Waals surface area contributed by atoms with Gasteiger partial charge in [0.05, 0.1) is 18.8 Å². The van der Waals surface area contributed by atoms with Crippen molar-refractivity contribution >= 4 is 5.97 Å². The lowest BCUT2D eigenvalue weighted by atomic mass is 9.97. The highest BCUT2D eigenvalue weighted by Crippen LogP contribution is 2.16. The van der Waals surface area contributed by atoms with Crippen LogP contribution in [0.5, 0.6) is 0 Å². The first kappa shape index (κ1) is 13.0. The van der Waals surface area contributed by atoms with E-state index in [9.17, 15) is 9.90 Å². The minimum Gasteiger partial charge on any atom is -0.476 e. The number of carboxylic acids is 1. The number of carboxylic acid groups (broad SMARTS) is 1. The number of aliphatic hydroxyl groups excluding tert-OH is 1. The summed E-state index contributed by atoms with van der Waals surface area (Å²) in [7, 11) is 0. The van der Waals surface area contributed by atoms with Crippen LogP contribution in [0.15, 0.2) is 6.20 Å². The summed E-state index contributed by atoms with van der Waals surface area (Å²) in [6.45, 7) is 5.17. The molecule has 1 aromatic rings. The van der Waals surface area contributed by atoms with Gasteiger partial charge in [-0.05, 0) is 12.3 Å². The van der Waals surface area contributed by atoms with Crippen molar-refractivity contribution in [1.82, 2.24) is 19.9 Å². The monoisotopic (exact) mass is 254 g/mol. The molecule has 7 heteroatoms. The van der Waals surface area contributed by atoms with E-state index >= 15 is 0 Å². The predicted molar refractivity (Wildman–Crippen MR) is 63.2 cm³/mol. The van der Waals surface area contributed by atoms with E-state index in [1.807, 2.05) is 6.92 Å². The fraction of sp³-hybridized carbons (Fsp3) is 0.727. The first-order valence-electron chi connectivity index (χ1n) is 6.10. The first-order valence-corrected chi connectivity index (χ1v) is 6.10. The molecular formula is C11H18N4O3. The summed E-state index contributed by atoms with van der Waals surface area (Å²) < 4.78 is 1.54. The van der Waals surface area contributed by atoms with Gasteiger partial charge in [0.15, 0.2) is 5.69 Å². The Kier molecular flexibility index (Phi) is 3.93. The van der Waals surface area contributed by atoms with Crippen molar-refractivity contribution in [3.63, 3.8) is 0 Å². The molecule has 0 spiro atoms. The van der Waals surface area contributed by atoms with Crippen molar-refractivity contribution in [2.75, 3.05) is 19.6 Å². The minimum absolute atomic E-state index is 0.0302. The van der Waals surface area contributed by atoms with E-state index < -0.39 is 5.97 Å². The SMILES string of the molecule is CC1CN(CCn2cc(C(=O)O)nn2)CCC1O. The van der Waals surface area contributed by atoms with Crippen LogP contribution in [-0.4, -0.2) is 61.8 Å². The highest BCUT2D eigenvalue weighted by atomic mass is 16.4. The molecule has 7 nitrogen and oxygen atoms in total. The average molecular weight is 254 g/mol. The molecule has 1 saturated heterocycles. The maximum Gasteiger partial charge on any atom is 0.358 e. The summed E-state index contributed by atoms with van der Waals surface area (Å²) in [4.78, 5) is 12.9. The fourth-order valence-corrected chi connectivity index (χ4v) is 2.17. The third-order valence-electron chi connectivity index (χ3n) is 3.35. The van der Waals surface area contributed by atoms with Gasteiger partial charge in [0, 0.05) is 19.6 Å². The topological polar surface area (TPSA) is 91.5 Å². The second kappa shape index (κ2) is 5.45. The van der Waals surface area contributed by atoms with Crippen LogP contribution in [0, 0.1) is 5.92 Å². The van der Waals surface area contributed by atoms with Crippen molar-refractivity contribution < 1.29 is 15.0 Å². The molecule has 0 saturated carbocycles. The van der Waals surface area contributed by atoms with Crippen LogP contribution in [0.3, 0.4) is 0 Å². The van der Waals surface area contributed by atoms with E-state index in [0.29, 0.717) is 6.54 Å². The molecule has 0 amide bonds. The molecule has 1 fully saturated rings. The molecule has 0 aromatic carbocycles. The third kappa shape index (κ3) is 3.05. The zero-order valence-electron chi connectivity index (χ0n) is 10.4. The van der Waals surface area contributed by atoms with Gasteiger partial charge in [0.2, 0.25) is 0 Å². The van der Waals surface area contributed by atoms with E-state index in [-0.39, 0.29) is 17.7 Å². The molecule has 0 radical (unpaired) electrons. The van der Waals surface area contributed by atoms with Crippen LogP contribution in [0.2, 0.25) is 0 Å². The minimum atomic E-state index is -1.06. The first-order chi connectivity index (χ1) is 8.56. The zero-order chi connectivity index (χ0) is 13.1. The van der Waals surface area contributed by atoms with Crippen molar-refractivity contribution in [3.05, 3.63) is 11.9 Å². The number of likely N-dealkylation sites (tertiary alicyclic amines) is 1. The van der Waals surface area contributed by atoms with E-state index in [4.69, 9.17) is 5.11 Å². The van der Waals surface area contributed by atoms with Crippen LogP contribution in [-0.2, 0) is 6.54 Å². The fourth-order valence-electron chi connectivity index (χ4n) is 2.17. The Bertz CT molecular complexity index is 420. The van der Waals surface area contributed by atoms with Crippen LogP contribution in [0.4, 0.5) is 0 Å². The Morgan fingerprint density at radius 3 is 2.94 bits per heavy atom. The predicted octanol–water partition coefficient (Wildman–Crippen LogP) is -0.321. The second-order valence-electron chi connectivity index (χ2n) is 4.81. The summed E-state index contributed by atoms with van der Waals surface area (Å²) in [5, 5.41) is 25.7. The van der Waals surface area contributed by atoms with Crippen molar-refractivity contribution in [2.45, 2.75) is 26.0 Å². The Hall–Kier alpha value is -1.47. The van der Waals surface area contributed by atoms with Gasteiger partial charge < -0.3 is 15.1 Å². The number of hydrogen-bond donors (Lipinski definition) is 2. The summed E-state index contributed by atoms with van der Waals surface area (Å²) in [6.07, 6.45) is 2.02. The summed E-state index contributed by atoms with van der Waals surface area (Å²) >= 11 is 0. The van der Waals surface area contributed by atoms with Crippen LogP contribution in [0.25, 0.3) is 0 Å². The quantitative estimate of drug-likeness (QED) is 0.765. The molecule has 2 unspecified atom stereocenters. The van der Waals surface area contributed by atoms with Gasteiger partial charge in [-0.3, -0.25) is 4.68 Å². The molecule has 100 valence electrons. The molecular weight excluding hydrogens is 236 g/mol. The Morgan fingerprint density at radius 1 is 1.56 bits per heavy atom. The molecule has 2 heterocycles. The number of nitrogens with zero attached hydrogens (tertiary/aromatic N) is 4. The number of carbonyl (C=O) groups is 1. The molecule has 18 heavy (non-hydrogen) atoms. The maximum absolute atomic E-state index is 10.6. The second-order valence-corrected chi connectivity index (χ2v) is 4.81. The molecule has 1 aromatic heterocycles. The van der Waals surface area contributed by atoms with Crippen molar-refractivity contribution in [1.29, 1.82) is 0 Å². The van der Waals surface area contributed by atoms with Gasteiger partial charge in [-0.1, -0.05) is 12.1 Å². The van der Waals surface area contributed by atoms with E-state index in [2.05, 4.69) is 15.2 Å². The van der Waals surface area contributed by atoms with Gasteiger partial charge in [0.1, 0.15) is 0 Å². The van der Waals surface area contributed by atoms with Gasteiger partial charge in [0.25, 0.3) is 0 Å². The molecule has 2 N–H and O–H groups in total. The Morgan fingerprint density at radius 2 is 2.33 bits per heavy atom. The van der Waals surface area contributed by atoms with Crippen molar-refractivity contribution in [2.24, 2.45) is 5.92 Å². The molecule has 1 aliphatic rings. The van der Waals surface area contributed by atoms with E-state index in [0.717, 1.165) is 26.1 Å². The number of hydrogen-bond acceptors (Lipinski definition) is 5. The summed E-state index contributed by atoms with van der Waals surface area (Å²) in [5.41, 5.74) is -0.0302. The van der Waals surface area contributed by atoms with Gasteiger partial charge in [-0.2, -0.15) is 0 Å². The van der Waals surface area contributed by atoms with Gasteiger partial charge >= 0.3 is 5.97 Å². The largest absolute Gasteiger partial charge is 0.476 e. The highest BCUT2D eigenvalue weighted by molar-refractivity contribution is 5.84. The Balaban J connectivity index is 1.82. The summed E-state index contributed by atoms with van der Waals surface area (Å²) in [5.74, 6) is -0.778. The van der Waals surface area contributed by atoms with E-state index in [1.54, 1.807) is 4.68 Å². The highest BCUT2D eigenvalue weighted by Gasteiger charge is 2.23. The molecule has 2 rings (SSSR count). The molecule has 0 bridgehead atoms. The van der Waals surface area contributed by atoms with Gasteiger partial charge in [-0.15, -0.1) is 5.10 Å². The molecule has 1 aliphatic heterocycles. The molecule has 2 atom stereocenters. The van der Waals surface area contributed by atoms with E-state index in [1.165, 1.54) is 6.20 Å².